The normalized spacial score (nSPS) is 12.2. The third-order valence-electron chi connectivity index (χ3n) is 2.61. The van der Waals surface area contributed by atoms with E-state index in [9.17, 15) is 0 Å². The first kappa shape index (κ1) is 13.4. The van der Waals surface area contributed by atoms with Crippen molar-refractivity contribution in [1.29, 1.82) is 0 Å². The van der Waals surface area contributed by atoms with Crippen LogP contribution in [0, 0.1) is 0 Å². The largest absolute Gasteiger partial charge is 0.497 e. The Bertz CT molecular complexity index is 515. The molecule has 0 fully saturated rings. The minimum Gasteiger partial charge on any atom is -0.497 e. The topological polar surface area (TPSA) is 47.3 Å². The van der Waals surface area contributed by atoms with Crippen molar-refractivity contribution < 1.29 is 4.74 Å². The third-order valence-corrected chi connectivity index (χ3v) is 4.59. The summed E-state index contributed by atoms with van der Waals surface area (Å²) in [6.07, 6.45) is 0. The average Bonchev–Trinajstić information content (AvgIpc) is 2.82. The van der Waals surface area contributed by atoms with Crippen LogP contribution in [0.4, 0.5) is 5.69 Å². The van der Waals surface area contributed by atoms with E-state index in [1.54, 1.807) is 18.4 Å². The number of hydrogen-bond donors (Lipinski definition) is 2. The van der Waals surface area contributed by atoms with Gasteiger partial charge in [-0.15, -0.1) is 11.3 Å². The molecule has 0 saturated heterocycles. The first-order valence-electron chi connectivity index (χ1n) is 5.58. The molecule has 0 saturated carbocycles. The van der Waals surface area contributed by atoms with Gasteiger partial charge in [-0.05, 0) is 39.5 Å². The van der Waals surface area contributed by atoms with Gasteiger partial charge in [0.1, 0.15) is 5.75 Å². The van der Waals surface area contributed by atoms with Crippen LogP contribution >= 0.6 is 27.3 Å². The number of nitrogens with two attached hydrogens (primary N) is 1. The number of halogens is 1. The molecule has 1 aromatic heterocycles. The molecule has 1 heterocycles. The van der Waals surface area contributed by atoms with E-state index in [-0.39, 0.29) is 6.04 Å². The number of ether oxygens (including phenoxy) is 1. The summed E-state index contributed by atoms with van der Waals surface area (Å²) in [5.74, 6) is 0.834. The van der Waals surface area contributed by atoms with E-state index in [1.807, 2.05) is 30.3 Å². The summed E-state index contributed by atoms with van der Waals surface area (Å²) in [5.41, 5.74) is 6.85. The summed E-state index contributed by atoms with van der Waals surface area (Å²) < 4.78 is 6.30. The van der Waals surface area contributed by atoms with Gasteiger partial charge in [0.05, 0.1) is 13.2 Å². The third kappa shape index (κ3) is 3.04. The summed E-state index contributed by atoms with van der Waals surface area (Å²) in [5, 5.41) is 5.47. The van der Waals surface area contributed by atoms with Gasteiger partial charge in [-0.3, -0.25) is 0 Å². The standard InChI is InChI=1S/C13H15BrN2OS/c1-17-10-4-2-3-9(7-10)16-12(8-15)13-11(14)5-6-18-13/h2-7,12,16H,8,15H2,1H3. The molecular weight excluding hydrogens is 312 g/mol. The lowest BCUT2D eigenvalue weighted by molar-refractivity contribution is 0.415. The van der Waals surface area contributed by atoms with Gasteiger partial charge in [-0.25, -0.2) is 0 Å². The molecule has 1 atom stereocenters. The summed E-state index contributed by atoms with van der Waals surface area (Å²) in [4.78, 5) is 1.21. The SMILES string of the molecule is COc1cccc(NC(CN)c2sccc2Br)c1. The van der Waals surface area contributed by atoms with Gasteiger partial charge in [0, 0.05) is 27.6 Å². The van der Waals surface area contributed by atoms with Crippen LogP contribution < -0.4 is 15.8 Å². The number of nitrogens with one attached hydrogen (secondary N) is 1. The highest BCUT2D eigenvalue weighted by atomic mass is 79.9. The molecule has 2 aromatic rings. The Hall–Kier alpha value is -1.04. The van der Waals surface area contributed by atoms with Crippen molar-refractivity contribution in [3.05, 3.63) is 45.1 Å². The fourth-order valence-corrected chi connectivity index (χ4v) is 3.41. The van der Waals surface area contributed by atoms with Crippen LogP contribution in [0.2, 0.25) is 0 Å². The van der Waals surface area contributed by atoms with Crippen molar-refractivity contribution in [2.45, 2.75) is 6.04 Å². The van der Waals surface area contributed by atoms with Gasteiger partial charge in [0.15, 0.2) is 0 Å². The summed E-state index contributed by atoms with van der Waals surface area (Å²) in [6.45, 7) is 0.538. The average molecular weight is 327 g/mol. The minimum atomic E-state index is 0.103. The zero-order valence-corrected chi connectivity index (χ0v) is 12.4. The van der Waals surface area contributed by atoms with Crippen LogP contribution in [0.15, 0.2) is 40.2 Å². The van der Waals surface area contributed by atoms with Crippen molar-refractivity contribution in [1.82, 2.24) is 0 Å². The van der Waals surface area contributed by atoms with Crippen LogP contribution in [-0.4, -0.2) is 13.7 Å². The fourth-order valence-electron chi connectivity index (χ4n) is 1.70. The minimum absolute atomic E-state index is 0.103. The Balaban J connectivity index is 2.18. The molecule has 0 aliphatic rings. The van der Waals surface area contributed by atoms with E-state index in [4.69, 9.17) is 10.5 Å². The van der Waals surface area contributed by atoms with E-state index in [0.29, 0.717) is 6.54 Å². The lowest BCUT2D eigenvalue weighted by atomic mass is 10.2. The first-order valence-corrected chi connectivity index (χ1v) is 7.25. The van der Waals surface area contributed by atoms with Crippen LogP contribution in [-0.2, 0) is 0 Å². The molecule has 3 N–H and O–H groups in total. The Labute approximate surface area is 119 Å². The number of rotatable bonds is 5. The van der Waals surface area contributed by atoms with Crippen molar-refractivity contribution in [2.24, 2.45) is 5.73 Å². The zero-order valence-electron chi connectivity index (χ0n) is 10.0. The highest BCUT2D eigenvalue weighted by molar-refractivity contribution is 9.10. The van der Waals surface area contributed by atoms with Crippen molar-refractivity contribution in [2.75, 3.05) is 19.0 Å². The van der Waals surface area contributed by atoms with Crippen molar-refractivity contribution >= 4 is 33.0 Å². The van der Waals surface area contributed by atoms with Gasteiger partial charge in [-0.1, -0.05) is 6.07 Å². The molecule has 18 heavy (non-hydrogen) atoms. The predicted octanol–water partition coefficient (Wildman–Crippen LogP) is 3.63. The molecular formula is C13H15BrN2OS. The number of benzene rings is 1. The molecule has 0 amide bonds. The number of methoxy groups -OCH3 is 1. The highest BCUT2D eigenvalue weighted by Gasteiger charge is 2.14. The maximum atomic E-state index is 5.84. The molecule has 0 spiro atoms. The molecule has 0 aliphatic heterocycles. The molecule has 2 rings (SSSR count). The van der Waals surface area contributed by atoms with Crippen LogP contribution in [0.3, 0.4) is 0 Å². The fraction of sp³-hybridized carbons (Fsp3) is 0.231. The van der Waals surface area contributed by atoms with Crippen molar-refractivity contribution in [3.8, 4) is 5.75 Å². The summed E-state index contributed by atoms with van der Waals surface area (Å²) in [7, 11) is 1.66. The number of anilines is 1. The Morgan fingerprint density at radius 3 is 2.89 bits per heavy atom. The number of hydrogen-bond acceptors (Lipinski definition) is 4. The van der Waals surface area contributed by atoms with Crippen LogP contribution in [0.25, 0.3) is 0 Å². The molecule has 1 aromatic carbocycles. The van der Waals surface area contributed by atoms with Crippen LogP contribution in [0.5, 0.6) is 5.75 Å². The molecule has 96 valence electrons. The smallest absolute Gasteiger partial charge is 0.120 e. The maximum Gasteiger partial charge on any atom is 0.120 e. The van der Waals surface area contributed by atoms with E-state index in [0.717, 1.165) is 15.9 Å². The van der Waals surface area contributed by atoms with Gasteiger partial charge >= 0.3 is 0 Å². The van der Waals surface area contributed by atoms with E-state index >= 15 is 0 Å². The number of thiophene rings is 1. The Morgan fingerprint density at radius 2 is 2.28 bits per heavy atom. The highest BCUT2D eigenvalue weighted by Crippen LogP contribution is 2.31. The van der Waals surface area contributed by atoms with E-state index in [1.165, 1.54) is 4.88 Å². The predicted molar refractivity (Wildman–Crippen MR) is 80.4 cm³/mol. The first-order chi connectivity index (χ1) is 8.74. The summed E-state index contributed by atoms with van der Waals surface area (Å²) in [6, 6.07) is 9.99. The lowest BCUT2D eigenvalue weighted by Crippen LogP contribution is -2.19. The van der Waals surface area contributed by atoms with Crippen molar-refractivity contribution in [3.63, 3.8) is 0 Å². The quantitative estimate of drug-likeness (QED) is 0.881. The second kappa shape index (κ2) is 6.22. The molecule has 0 aliphatic carbocycles. The molecule has 3 nitrogen and oxygen atoms in total. The van der Waals surface area contributed by atoms with Gasteiger partial charge in [0.2, 0.25) is 0 Å². The Kier molecular flexibility index (Phi) is 4.63. The second-order valence-electron chi connectivity index (χ2n) is 3.80. The second-order valence-corrected chi connectivity index (χ2v) is 5.60. The molecule has 0 radical (unpaired) electrons. The summed E-state index contributed by atoms with van der Waals surface area (Å²) >= 11 is 5.23. The molecule has 0 bridgehead atoms. The molecule has 5 heteroatoms. The maximum absolute atomic E-state index is 5.84. The monoisotopic (exact) mass is 326 g/mol. The Morgan fingerprint density at radius 1 is 1.44 bits per heavy atom. The van der Waals surface area contributed by atoms with E-state index in [2.05, 4.69) is 26.6 Å². The lowest BCUT2D eigenvalue weighted by Gasteiger charge is -2.18. The van der Waals surface area contributed by atoms with Crippen LogP contribution in [0.1, 0.15) is 10.9 Å². The van der Waals surface area contributed by atoms with Gasteiger partial charge in [0.25, 0.3) is 0 Å². The van der Waals surface area contributed by atoms with E-state index < -0.39 is 0 Å². The van der Waals surface area contributed by atoms with Gasteiger partial charge in [-0.2, -0.15) is 0 Å². The zero-order chi connectivity index (χ0) is 13.0. The van der Waals surface area contributed by atoms with Gasteiger partial charge < -0.3 is 15.8 Å². The molecule has 1 unspecified atom stereocenters.